The first-order valence-corrected chi connectivity index (χ1v) is 8.70. The molecule has 0 atom stereocenters. The number of fused-ring (bicyclic) bond motifs is 1. The summed E-state index contributed by atoms with van der Waals surface area (Å²) in [5.74, 6) is 3.11. The molecule has 120 valence electrons. The number of aliphatic imine (C=N–C) groups is 1. The quantitative estimate of drug-likeness (QED) is 0.846. The summed E-state index contributed by atoms with van der Waals surface area (Å²) in [6.07, 6.45) is 8.28. The van der Waals surface area contributed by atoms with Gasteiger partial charge >= 0.3 is 0 Å². The molecule has 0 radical (unpaired) electrons. The van der Waals surface area contributed by atoms with E-state index in [9.17, 15) is 0 Å². The van der Waals surface area contributed by atoms with E-state index in [0.29, 0.717) is 6.54 Å². The number of pyridine rings is 1. The number of aromatic nitrogens is 1. The summed E-state index contributed by atoms with van der Waals surface area (Å²) in [7, 11) is 0. The van der Waals surface area contributed by atoms with Crippen molar-refractivity contribution in [2.45, 2.75) is 19.4 Å². The van der Waals surface area contributed by atoms with E-state index in [1.54, 1.807) is 6.20 Å². The molecule has 6 nitrogen and oxygen atoms in total. The third-order valence-electron chi connectivity index (χ3n) is 4.21. The van der Waals surface area contributed by atoms with Crippen molar-refractivity contribution in [2.24, 2.45) is 4.99 Å². The van der Waals surface area contributed by atoms with Gasteiger partial charge in [-0.1, -0.05) is 22.0 Å². The third kappa shape index (κ3) is 2.98. The number of rotatable bonds is 3. The van der Waals surface area contributed by atoms with Gasteiger partial charge in [0.2, 0.25) is 0 Å². The summed E-state index contributed by atoms with van der Waals surface area (Å²) in [6, 6.07) is 3.99. The van der Waals surface area contributed by atoms with Crippen LogP contribution in [0.25, 0.3) is 0 Å². The van der Waals surface area contributed by atoms with Crippen LogP contribution in [-0.4, -0.2) is 40.4 Å². The van der Waals surface area contributed by atoms with Gasteiger partial charge in [-0.2, -0.15) is 0 Å². The lowest BCUT2D eigenvalue weighted by Gasteiger charge is -2.33. The lowest BCUT2D eigenvalue weighted by molar-refractivity contribution is 0.348. The van der Waals surface area contributed by atoms with Crippen molar-refractivity contribution in [1.82, 2.24) is 25.6 Å². The van der Waals surface area contributed by atoms with E-state index in [1.165, 1.54) is 12.8 Å². The van der Waals surface area contributed by atoms with Crippen LogP contribution in [0.3, 0.4) is 0 Å². The molecule has 3 aliphatic heterocycles. The Hall–Kier alpha value is -1.86. The highest BCUT2D eigenvalue weighted by Gasteiger charge is 2.31. The fourth-order valence-corrected chi connectivity index (χ4v) is 3.41. The molecule has 0 saturated carbocycles. The van der Waals surface area contributed by atoms with Gasteiger partial charge in [0.1, 0.15) is 17.5 Å². The van der Waals surface area contributed by atoms with E-state index >= 15 is 0 Å². The maximum Gasteiger partial charge on any atom is 0.148 e. The number of hydrogen-bond donors (Lipinski definition) is 2. The number of hydrazine groups is 1. The molecule has 0 aliphatic carbocycles. The number of hydrogen-bond acceptors (Lipinski definition) is 5. The zero-order valence-corrected chi connectivity index (χ0v) is 14.4. The SMILES string of the molecule is BrC1=C2NC(N3CCCC3)=CC(=NCc3cccnc3)N2NC1. The fourth-order valence-electron chi connectivity index (χ4n) is 3.00. The lowest BCUT2D eigenvalue weighted by atomic mass is 10.3. The zero-order chi connectivity index (χ0) is 15.6. The zero-order valence-electron chi connectivity index (χ0n) is 12.8. The Morgan fingerprint density at radius 2 is 2.17 bits per heavy atom. The normalized spacial score (nSPS) is 22.5. The number of likely N-dealkylation sites (tertiary alicyclic amines) is 1. The largest absolute Gasteiger partial charge is 0.358 e. The van der Waals surface area contributed by atoms with E-state index in [-0.39, 0.29) is 0 Å². The summed E-state index contributed by atoms with van der Waals surface area (Å²) >= 11 is 3.64. The molecule has 4 heterocycles. The van der Waals surface area contributed by atoms with E-state index in [2.05, 4.69) is 42.6 Å². The topological polar surface area (TPSA) is 55.8 Å². The Balaban J connectivity index is 1.63. The Morgan fingerprint density at radius 1 is 1.30 bits per heavy atom. The smallest absolute Gasteiger partial charge is 0.148 e. The molecule has 3 aliphatic rings. The molecule has 0 spiro atoms. The van der Waals surface area contributed by atoms with Crippen molar-refractivity contribution in [1.29, 1.82) is 0 Å². The maximum absolute atomic E-state index is 4.79. The Bertz CT molecular complexity index is 675. The minimum atomic E-state index is 0.621. The molecule has 2 N–H and O–H groups in total. The minimum absolute atomic E-state index is 0.621. The number of amidine groups is 1. The minimum Gasteiger partial charge on any atom is -0.358 e. The number of nitrogens with zero attached hydrogens (tertiary/aromatic N) is 4. The van der Waals surface area contributed by atoms with Crippen molar-refractivity contribution in [3.63, 3.8) is 0 Å². The summed E-state index contributed by atoms with van der Waals surface area (Å²) in [5, 5.41) is 5.54. The van der Waals surface area contributed by atoms with Gasteiger partial charge in [0.25, 0.3) is 0 Å². The molecule has 1 aromatic heterocycles. The van der Waals surface area contributed by atoms with Crippen LogP contribution in [0.4, 0.5) is 0 Å². The van der Waals surface area contributed by atoms with Gasteiger partial charge in [0.05, 0.1) is 17.6 Å². The molecule has 1 aromatic rings. The van der Waals surface area contributed by atoms with Crippen molar-refractivity contribution in [3.8, 4) is 0 Å². The molecule has 7 heteroatoms. The Morgan fingerprint density at radius 3 is 2.96 bits per heavy atom. The van der Waals surface area contributed by atoms with Crippen LogP contribution in [0.1, 0.15) is 18.4 Å². The molecule has 0 amide bonds. The van der Waals surface area contributed by atoms with Gasteiger partial charge in [-0.15, -0.1) is 0 Å². The van der Waals surface area contributed by atoms with Crippen LogP contribution < -0.4 is 10.7 Å². The molecule has 23 heavy (non-hydrogen) atoms. The highest BCUT2D eigenvalue weighted by Crippen LogP contribution is 2.26. The van der Waals surface area contributed by atoms with Crippen molar-refractivity contribution >= 4 is 21.8 Å². The molecule has 1 fully saturated rings. The average molecular weight is 375 g/mol. The summed E-state index contributed by atoms with van der Waals surface area (Å²) < 4.78 is 1.12. The van der Waals surface area contributed by atoms with E-state index in [0.717, 1.165) is 47.2 Å². The monoisotopic (exact) mass is 374 g/mol. The average Bonchev–Trinajstić information content (AvgIpc) is 3.24. The second-order valence-electron chi connectivity index (χ2n) is 5.81. The molecule has 1 saturated heterocycles. The summed E-state index contributed by atoms with van der Waals surface area (Å²) in [6.45, 7) is 3.60. The van der Waals surface area contributed by atoms with E-state index in [1.807, 2.05) is 23.3 Å². The Labute approximate surface area is 144 Å². The van der Waals surface area contributed by atoms with Crippen molar-refractivity contribution in [3.05, 3.63) is 52.3 Å². The summed E-state index contributed by atoms with van der Waals surface area (Å²) in [4.78, 5) is 11.3. The predicted octanol–water partition coefficient (Wildman–Crippen LogP) is 1.90. The van der Waals surface area contributed by atoms with Gasteiger partial charge in [-0.05, 0) is 24.5 Å². The van der Waals surface area contributed by atoms with Gasteiger partial charge in [-0.3, -0.25) is 9.98 Å². The highest BCUT2D eigenvalue weighted by atomic mass is 79.9. The van der Waals surface area contributed by atoms with Crippen LogP contribution in [0, 0.1) is 0 Å². The van der Waals surface area contributed by atoms with Crippen LogP contribution in [0.2, 0.25) is 0 Å². The standard InChI is InChI=1S/C16H19BrN6/c17-13-11-20-23-14(19-10-12-4-3-5-18-9-12)8-15(21-16(13)23)22-6-1-2-7-22/h3-5,8-9,20-21H,1-2,6-7,10-11H2. The van der Waals surface area contributed by atoms with Crippen molar-refractivity contribution in [2.75, 3.05) is 19.6 Å². The third-order valence-corrected chi connectivity index (χ3v) is 4.86. The highest BCUT2D eigenvalue weighted by molar-refractivity contribution is 9.11. The van der Waals surface area contributed by atoms with Gasteiger partial charge < -0.3 is 10.2 Å². The molecule has 0 aromatic carbocycles. The predicted molar refractivity (Wildman–Crippen MR) is 93.2 cm³/mol. The van der Waals surface area contributed by atoms with E-state index < -0.39 is 0 Å². The van der Waals surface area contributed by atoms with Gasteiger partial charge in [-0.25, -0.2) is 10.4 Å². The summed E-state index contributed by atoms with van der Waals surface area (Å²) in [5.41, 5.74) is 4.46. The first kappa shape index (κ1) is 14.7. The van der Waals surface area contributed by atoms with Gasteiger partial charge in [0.15, 0.2) is 0 Å². The fraction of sp³-hybridized carbons (Fsp3) is 0.375. The van der Waals surface area contributed by atoms with Gasteiger partial charge in [0, 0.05) is 31.6 Å². The van der Waals surface area contributed by atoms with Crippen LogP contribution in [0.15, 0.2) is 51.7 Å². The van der Waals surface area contributed by atoms with Crippen molar-refractivity contribution < 1.29 is 0 Å². The second-order valence-corrected chi connectivity index (χ2v) is 6.77. The first-order chi connectivity index (χ1) is 11.3. The first-order valence-electron chi connectivity index (χ1n) is 7.90. The van der Waals surface area contributed by atoms with Crippen LogP contribution in [0.5, 0.6) is 0 Å². The van der Waals surface area contributed by atoms with Crippen LogP contribution >= 0.6 is 15.9 Å². The molecular weight excluding hydrogens is 356 g/mol. The number of halogens is 1. The van der Waals surface area contributed by atoms with E-state index in [4.69, 9.17) is 4.99 Å². The molecular formula is C16H19BrN6. The maximum atomic E-state index is 4.79. The molecule has 0 unspecified atom stereocenters. The van der Waals surface area contributed by atoms with Crippen LogP contribution in [-0.2, 0) is 6.54 Å². The lowest BCUT2D eigenvalue weighted by Crippen LogP contribution is -2.47. The Kier molecular flexibility index (Phi) is 4.05. The molecule has 0 bridgehead atoms. The second kappa shape index (κ2) is 6.33. The molecule has 4 rings (SSSR count). The number of nitrogens with one attached hydrogen (secondary N) is 2.